The first kappa shape index (κ1) is 40.2. The average molecular weight is 718 g/mol. The van der Waals surface area contributed by atoms with Crippen LogP contribution in [0.4, 0.5) is 35.1 Å². The van der Waals surface area contributed by atoms with Crippen molar-refractivity contribution in [3.05, 3.63) is 91.4 Å². The smallest absolute Gasteiger partial charge is 0.419 e. The van der Waals surface area contributed by atoms with Gasteiger partial charge in [0.25, 0.3) is 5.56 Å². The van der Waals surface area contributed by atoms with E-state index in [1.54, 1.807) is 51.9 Å². The van der Waals surface area contributed by atoms with E-state index in [-0.39, 0.29) is 36.6 Å². The molecule has 0 radical (unpaired) electrons. The summed E-state index contributed by atoms with van der Waals surface area (Å²) in [6.45, 7) is 8.07. The Hall–Kier alpha value is -4.27. The molecule has 3 rings (SSSR count). The minimum Gasteiger partial charge on any atom is -0.481 e. The molecule has 7 nitrogen and oxygen atoms in total. The molecular weight excluding hydrogens is 678 g/mol. The number of nitrogens with one attached hydrogen (secondary N) is 1. The van der Waals surface area contributed by atoms with Crippen LogP contribution < -0.4 is 10.9 Å². The van der Waals surface area contributed by atoms with Gasteiger partial charge in [0.1, 0.15) is 17.7 Å². The van der Waals surface area contributed by atoms with Gasteiger partial charge in [-0.05, 0) is 81.9 Å². The molecule has 274 valence electrons. The maximum absolute atomic E-state index is 16.4. The number of halogens is 8. The molecule has 0 saturated carbocycles. The van der Waals surface area contributed by atoms with Crippen LogP contribution in [0.5, 0.6) is 0 Å². The normalized spacial score (nSPS) is 13.5. The van der Waals surface area contributed by atoms with E-state index in [1.807, 2.05) is 0 Å². The second-order valence-electron chi connectivity index (χ2n) is 13.1. The monoisotopic (exact) mass is 717 g/mol. The van der Waals surface area contributed by atoms with Crippen molar-refractivity contribution in [1.82, 2.24) is 14.8 Å². The van der Waals surface area contributed by atoms with Crippen LogP contribution in [0.1, 0.15) is 77.7 Å². The number of carbonyl (C=O) groups excluding carboxylic acids is 1. The van der Waals surface area contributed by atoms with Crippen molar-refractivity contribution in [2.45, 2.75) is 78.3 Å². The van der Waals surface area contributed by atoms with Gasteiger partial charge in [-0.25, -0.2) is 8.78 Å². The third-order valence-corrected chi connectivity index (χ3v) is 8.16. The minimum atomic E-state index is -5.37. The van der Waals surface area contributed by atoms with Gasteiger partial charge in [-0.3, -0.25) is 14.4 Å². The number of carbonyl (C=O) groups is 2. The molecule has 0 saturated heterocycles. The zero-order valence-corrected chi connectivity index (χ0v) is 28.5. The largest absolute Gasteiger partial charge is 0.481 e. The Morgan fingerprint density at radius 1 is 0.900 bits per heavy atom. The SMILES string of the molecule is Cc1cc(C)c(-c2cc(C(F)(F)F)c(F)c([C@H](CC(=O)O)NC(=O)[C@H](CC(C)C)n3cc(CCN(C)C)c(C(F)(F)F)cc3=O)c2F)c(C)c1. The number of aromatic nitrogens is 1. The lowest BCUT2D eigenvalue weighted by molar-refractivity contribution is -0.140. The number of hydrogen-bond acceptors (Lipinski definition) is 4. The van der Waals surface area contributed by atoms with E-state index in [0.29, 0.717) is 22.8 Å². The maximum Gasteiger partial charge on any atom is 0.419 e. The van der Waals surface area contributed by atoms with E-state index in [2.05, 4.69) is 5.32 Å². The third-order valence-electron chi connectivity index (χ3n) is 8.16. The molecule has 50 heavy (non-hydrogen) atoms. The molecule has 0 fully saturated rings. The first-order valence-electron chi connectivity index (χ1n) is 15.6. The first-order valence-corrected chi connectivity index (χ1v) is 15.6. The maximum atomic E-state index is 16.4. The molecule has 1 heterocycles. The molecule has 3 aromatic rings. The zero-order chi connectivity index (χ0) is 38.0. The molecule has 0 bridgehead atoms. The molecular formula is C35H39F8N3O4. The molecule has 1 amide bonds. The van der Waals surface area contributed by atoms with E-state index < -0.39 is 88.1 Å². The summed E-state index contributed by atoms with van der Waals surface area (Å²) in [6.07, 6.45) is -11.1. The van der Waals surface area contributed by atoms with Gasteiger partial charge in [0.05, 0.1) is 23.6 Å². The lowest BCUT2D eigenvalue weighted by Gasteiger charge is -2.27. The number of benzene rings is 2. The molecule has 0 spiro atoms. The highest BCUT2D eigenvalue weighted by Gasteiger charge is 2.41. The van der Waals surface area contributed by atoms with Gasteiger partial charge >= 0.3 is 18.3 Å². The predicted molar refractivity (Wildman–Crippen MR) is 171 cm³/mol. The fourth-order valence-corrected chi connectivity index (χ4v) is 6.06. The molecule has 2 N–H and O–H groups in total. The average Bonchev–Trinajstić information content (AvgIpc) is 2.94. The van der Waals surface area contributed by atoms with Crippen molar-refractivity contribution in [3.63, 3.8) is 0 Å². The van der Waals surface area contributed by atoms with Crippen LogP contribution in [0.3, 0.4) is 0 Å². The zero-order valence-electron chi connectivity index (χ0n) is 28.5. The van der Waals surface area contributed by atoms with E-state index in [1.165, 1.54) is 13.8 Å². The van der Waals surface area contributed by atoms with Crippen LogP contribution in [-0.4, -0.2) is 47.1 Å². The number of nitrogens with zero attached hydrogens (tertiary/aromatic N) is 2. The number of aliphatic carboxylic acids is 1. The lowest BCUT2D eigenvalue weighted by atomic mass is 9.88. The third kappa shape index (κ3) is 9.29. The van der Waals surface area contributed by atoms with Crippen molar-refractivity contribution in [2.75, 3.05) is 20.6 Å². The van der Waals surface area contributed by atoms with Gasteiger partial charge in [0.2, 0.25) is 5.91 Å². The first-order chi connectivity index (χ1) is 22.9. The van der Waals surface area contributed by atoms with Gasteiger partial charge < -0.3 is 19.9 Å². The second kappa shape index (κ2) is 15.3. The van der Waals surface area contributed by atoms with Crippen molar-refractivity contribution < 1.29 is 49.8 Å². The highest BCUT2D eigenvalue weighted by atomic mass is 19.4. The van der Waals surface area contributed by atoms with Crippen molar-refractivity contribution in [3.8, 4) is 11.1 Å². The van der Waals surface area contributed by atoms with Crippen LogP contribution in [-0.2, 0) is 28.4 Å². The van der Waals surface area contributed by atoms with Gasteiger partial charge in [0.15, 0.2) is 0 Å². The molecule has 0 aliphatic carbocycles. The molecule has 0 aliphatic heterocycles. The number of aryl methyl sites for hydroxylation is 3. The van der Waals surface area contributed by atoms with Crippen molar-refractivity contribution >= 4 is 11.9 Å². The summed E-state index contributed by atoms with van der Waals surface area (Å²) < 4.78 is 117. The van der Waals surface area contributed by atoms with Crippen LogP contribution in [0.2, 0.25) is 0 Å². The molecule has 15 heteroatoms. The van der Waals surface area contributed by atoms with E-state index in [0.717, 1.165) is 10.8 Å². The topological polar surface area (TPSA) is 91.6 Å². The van der Waals surface area contributed by atoms with Gasteiger partial charge in [-0.2, -0.15) is 26.3 Å². The number of carboxylic acid groups (broad SMARTS) is 1. The molecule has 2 atom stereocenters. The highest BCUT2D eigenvalue weighted by Crippen LogP contribution is 2.42. The van der Waals surface area contributed by atoms with Crippen LogP contribution in [0.15, 0.2) is 35.3 Å². The number of alkyl halides is 6. The molecule has 2 aromatic carbocycles. The van der Waals surface area contributed by atoms with Crippen LogP contribution >= 0.6 is 0 Å². The second-order valence-corrected chi connectivity index (χ2v) is 13.1. The molecule has 0 aliphatic rings. The summed E-state index contributed by atoms with van der Waals surface area (Å²) in [5.41, 5.74) is -5.38. The Balaban J connectivity index is 2.29. The number of pyridine rings is 1. The summed E-state index contributed by atoms with van der Waals surface area (Å²) >= 11 is 0. The van der Waals surface area contributed by atoms with Crippen LogP contribution in [0, 0.1) is 38.3 Å². The number of rotatable bonds is 12. The Bertz CT molecular complexity index is 1790. The number of amides is 1. The summed E-state index contributed by atoms with van der Waals surface area (Å²) in [6, 6.07) is -0.126. The standard InChI is InChI=1S/C35H39F8N3O4/c1-17(2)10-26(46-16-21(8-9-45(6)7)23(14-27(46)47)34(38,39)40)33(50)44-25(15-28(48)49)30-31(36)22(13-24(32(30)37)35(41,42)43)29-19(4)11-18(3)12-20(29)5/h11-14,16-17,25-26H,8-10,15H2,1-7H3,(H,44,50)(H,48,49)/t25-,26-/m0/s1. The summed E-state index contributed by atoms with van der Waals surface area (Å²) in [7, 11) is 3.22. The lowest BCUT2D eigenvalue weighted by Crippen LogP contribution is -2.41. The number of hydrogen-bond donors (Lipinski definition) is 2. The van der Waals surface area contributed by atoms with E-state index in [9.17, 15) is 45.8 Å². The molecule has 1 aromatic heterocycles. The summed E-state index contributed by atoms with van der Waals surface area (Å²) in [5.74, 6) is -7.09. The van der Waals surface area contributed by atoms with E-state index >= 15 is 8.78 Å². The van der Waals surface area contributed by atoms with Crippen molar-refractivity contribution in [2.24, 2.45) is 5.92 Å². The quantitative estimate of drug-likeness (QED) is 0.187. The molecule has 0 unspecified atom stereocenters. The van der Waals surface area contributed by atoms with Gasteiger partial charge in [-0.1, -0.05) is 31.5 Å². The van der Waals surface area contributed by atoms with Gasteiger partial charge in [0, 0.05) is 29.9 Å². The Morgan fingerprint density at radius 3 is 1.94 bits per heavy atom. The summed E-state index contributed by atoms with van der Waals surface area (Å²) in [4.78, 5) is 40.6. The van der Waals surface area contributed by atoms with Crippen LogP contribution in [0.25, 0.3) is 11.1 Å². The Labute approximate surface area is 283 Å². The Morgan fingerprint density at radius 2 is 1.46 bits per heavy atom. The predicted octanol–water partition coefficient (Wildman–Crippen LogP) is 7.78. The fourth-order valence-electron chi connectivity index (χ4n) is 6.06. The Kier molecular flexibility index (Phi) is 12.3. The minimum absolute atomic E-state index is 0.000467. The number of likely N-dealkylation sites (N-methyl/N-ethyl adjacent to an activating group) is 1. The van der Waals surface area contributed by atoms with Crippen molar-refractivity contribution in [1.29, 1.82) is 0 Å². The fraction of sp³-hybridized carbons (Fsp3) is 0.457. The number of carboxylic acids is 1. The summed E-state index contributed by atoms with van der Waals surface area (Å²) in [5, 5.41) is 11.8. The van der Waals surface area contributed by atoms with Gasteiger partial charge in [-0.15, -0.1) is 0 Å². The van der Waals surface area contributed by atoms with E-state index in [4.69, 9.17) is 0 Å². The highest BCUT2D eigenvalue weighted by molar-refractivity contribution is 5.82.